The Hall–Kier alpha value is -3.62. The van der Waals surface area contributed by atoms with Crippen LogP contribution in [0.1, 0.15) is 58.2 Å². The molecule has 0 aliphatic rings. The molecule has 0 radical (unpaired) electrons. The SMILES string of the molecule is COC(=O)c1cnc(-n2cc(C(C)(C)C)cn2)c(C)c1.COC(=O)c1cnc(F)c(C)c1. The first-order valence-corrected chi connectivity index (χ1v) is 9.78. The lowest BCUT2D eigenvalue weighted by Crippen LogP contribution is -2.10. The van der Waals surface area contributed by atoms with E-state index in [1.807, 2.05) is 19.3 Å². The van der Waals surface area contributed by atoms with E-state index < -0.39 is 11.9 Å². The molecule has 0 unspecified atom stereocenters. The molecule has 0 amide bonds. The summed E-state index contributed by atoms with van der Waals surface area (Å²) in [6.07, 6.45) is 6.46. The van der Waals surface area contributed by atoms with Crippen LogP contribution in [0.3, 0.4) is 0 Å². The van der Waals surface area contributed by atoms with Gasteiger partial charge in [-0.1, -0.05) is 20.8 Å². The van der Waals surface area contributed by atoms with E-state index in [2.05, 4.69) is 45.3 Å². The number of aryl methyl sites for hydroxylation is 2. The molecule has 0 atom stereocenters. The van der Waals surface area contributed by atoms with Crippen molar-refractivity contribution in [2.45, 2.75) is 40.0 Å². The second-order valence-corrected chi connectivity index (χ2v) is 8.10. The number of carbonyl (C=O) groups excluding carboxylic acids is 2. The normalized spacial score (nSPS) is 10.8. The molecule has 0 aliphatic heterocycles. The van der Waals surface area contributed by atoms with E-state index in [0.717, 1.165) is 17.3 Å². The quantitative estimate of drug-likeness (QED) is 0.447. The van der Waals surface area contributed by atoms with E-state index in [-0.39, 0.29) is 16.9 Å². The smallest absolute Gasteiger partial charge is 0.339 e. The number of aromatic nitrogens is 4. The second-order valence-electron chi connectivity index (χ2n) is 8.10. The number of methoxy groups -OCH3 is 2. The van der Waals surface area contributed by atoms with Gasteiger partial charge >= 0.3 is 11.9 Å². The number of hydrogen-bond donors (Lipinski definition) is 0. The average Bonchev–Trinajstić information content (AvgIpc) is 3.25. The van der Waals surface area contributed by atoms with Crippen molar-refractivity contribution >= 4 is 11.9 Å². The zero-order chi connectivity index (χ0) is 24.1. The molecule has 170 valence electrons. The van der Waals surface area contributed by atoms with Crippen molar-refractivity contribution in [3.63, 3.8) is 0 Å². The molecule has 9 heteroatoms. The minimum absolute atomic E-state index is 0.0398. The van der Waals surface area contributed by atoms with Crippen molar-refractivity contribution in [3.05, 3.63) is 70.7 Å². The van der Waals surface area contributed by atoms with Crippen LogP contribution in [0.25, 0.3) is 5.82 Å². The Balaban J connectivity index is 0.000000258. The predicted molar refractivity (Wildman–Crippen MR) is 116 cm³/mol. The molecule has 32 heavy (non-hydrogen) atoms. The first kappa shape index (κ1) is 24.6. The van der Waals surface area contributed by atoms with E-state index in [1.54, 1.807) is 10.7 Å². The van der Waals surface area contributed by atoms with E-state index in [4.69, 9.17) is 0 Å². The van der Waals surface area contributed by atoms with Crippen LogP contribution >= 0.6 is 0 Å². The van der Waals surface area contributed by atoms with Crippen molar-refractivity contribution in [2.24, 2.45) is 0 Å². The highest BCUT2D eigenvalue weighted by atomic mass is 19.1. The third-order valence-electron chi connectivity index (χ3n) is 4.57. The molecule has 0 aliphatic carbocycles. The van der Waals surface area contributed by atoms with E-state index in [9.17, 15) is 14.0 Å². The average molecular weight is 442 g/mol. The van der Waals surface area contributed by atoms with Gasteiger partial charge in [-0.15, -0.1) is 0 Å². The monoisotopic (exact) mass is 442 g/mol. The zero-order valence-electron chi connectivity index (χ0n) is 19.3. The largest absolute Gasteiger partial charge is 0.465 e. The maximum Gasteiger partial charge on any atom is 0.339 e. The lowest BCUT2D eigenvalue weighted by atomic mass is 9.90. The number of esters is 2. The van der Waals surface area contributed by atoms with Gasteiger partial charge in [0.1, 0.15) is 0 Å². The Morgan fingerprint density at radius 1 is 0.906 bits per heavy atom. The molecular weight excluding hydrogens is 415 g/mol. The fourth-order valence-corrected chi connectivity index (χ4v) is 2.65. The fourth-order valence-electron chi connectivity index (χ4n) is 2.65. The molecule has 3 heterocycles. The van der Waals surface area contributed by atoms with Crippen molar-refractivity contribution < 1.29 is 23.5 Å². The summed E-state index contributed by atoms with van der Waals surface area (Å²) in [6.45, 7) is 9.83. The molecule has 0 saturated carbocycles. The van der Waals surface area contributed by atoms with Gasteiger partial charge in [-0.2, -0.15) is 9.49 Å². The van der Waals surface area contributed by atoms with Crippen molar-refractivity contribution in [1.29, 1.82) is 0 Å². The molecule has 0 bridgehead atoms. The van der Waals surface area contributed by atoms with Gasteiger partial charge < -0.3 is 9.47 Å². The van der Waals surface area contributed by atoms with Crippen LogP contribution in [-0.4, -0.2) is 45.9 Å². The summed E-state index contributed by atoms with van der Waals surface area (Å²) in [6, 6.07) is 3.15. The van der Waals surface area contributed by atoms with Crippen LogP contribution in [-0.2, 0) is 14.9 Å². The van der Waals surface area contributed by atoms with Gasteiger partial charge in [0.05, 0.1) is 31.5 Å². The summed E-state index contributed by atoms with van der Waals surface area (Å²) in [5.74, 6) is -0.746. The number of pyridine rings is 2. The maximum absolute atomic E-state index is 12.6. The molecule has 3 aromatic heterocycles. The number of halogens is 1. The van der Waals surface area contributed by atoms with E-state index in [0.29, 0.717) is 16.9 Å². The molecule has 0 fully saturated rings. The Labute approximate surface area is 186 Å². The highest BCUT2D eigenvalue weighted by Gasteiger charge is 2.17. The van der Waals surface area contributed by atoms with Crippen LogP contribution in [0, 0.1) is 19.8 Å². The topological polar surface area (TPSA) is 96.2 Å². The van der Waals surface area contributed by atoms with Gasteiger partial charge in [-0.25, -0.2) is 24.2 Å². The Morgan fingerprint density at radius 3 is 1.88 bits per heavy atom. The molecule has 0 aromatic carbocycles. The maximum atomic E-state index is 12.6. The van der Waals surface area contributed by atoms with Gasteiger partial charge in [-0.3, -0.25) is 0 Å². The summed E-state index contributed by atoms with van der Waals surface area (Å²) >= 11 is 0. The number of rotatable bonds is 3. The van der Waals surface area contributed by atoms with Gasteiger partial charge in [0.2, 0.25) is 5.95 Å². The van der Waals surface area contributed by atoms with Gasteiger partial charge in [0, 0.05) is 24.2 Å². The molecule has 0 spiro atoms. The van der Waals surface area contributed by atoms with E-state index >= 15 is 0 Å². The Bertz CT molecular complexity index is 1120. The summed E-state index contributed by atoms with van der Waals surface area (Å²) in [5.41, 5.74) is 3.08. The number of ether oxygens (including phenoxy) is 2. The minimum Gasteiger partial charge on any atom is -0.465 e. The van der Waals surface area contributed by atoms with E-state index in [1.165, 1.54) is 33.4 Å². The molecule has 8 nitrogen and oxygen atoms in total. The third-order valence-corrected chi connectivity index (χ3v) is 4.57. The number of nitrogens with zero attached hydrogens (tertiary/aromatic N) is 4. The molecule has 3 rings (SSSR count). The van der Waals surface area contributed by atoms with Gasteiger partial charge in [0.25, 0.3) is 0 Å². The van der Waals surface area contributed by atoms with Crippen molar-refractivity contribution in [2.75, 3.05) is 14.2 Å². The Morgan fingerprint density at radius 2 is 1.44 bits per heavy atom. The molecule has 0 saturated heterocycles. The standard InChI is InChI=1S/C15H19N3O2.C8H8FNO2/c1-10-6-11(14(19)20-5)7-16-13(10)18-9-12(8-17-18)15(2,3)4;1-5-3-6(8(11)12-2)4-10-7(5)9/h6-9H,1-5H3;3-4H,1-2H3. The zero-order valence-corrected chi connectivity index (χ0v) is 19.3. The summed E-state index contributed by atoms with van der Waals surface area (Å²) in [5, 5.41) is 4.35. The van der Waals surface area contributed by atoms with Crippen LogP contribution in [0.4, 0.5) is 4.39 Å². The fraction of sp³-hybridized carbons (Fsp3) is 0.348. The van der Waals surface area contributed by atoms with Crippen LogP contribution in [0.2, 0.25) is 0 Å². The highest BCUT2D eigenvalue weighted by Crippen LogP contribution is 2.23. The van der Waals surface area contributed by atoms with Gasteiger partial charge in [0.15, 0.2) is 5.82 Å². The Kier molecular flexibility index (Phi) is 7.80. The van der Waals surface area contributed by atoms with Crippen LogP contribution in [0.15, 0.2) is 36.9 Å². The third kappa shape index (κ3) is 5.96. The first-order chi connectivity index (χ1) is 15.0. The molecule has 0 N–H and O–H groups in total. The van der Waals surface area contributed by atoms with Crippen molar-refractivity contribution in [1.82, 2.24) is 19.7 Å². The number of hydrogen-bond acceptors (Lipinski definition) is 7. The van der Waals surface area contributed by atoms with Gasteiger partial charge in [-0.05, 0) is 42.5 Å². The second kappa shape index (κ2) is 10.1. The first-order valence-electron chi connectivity index (χ1n) is 9.78. The highest BCUT2D eigenvalue weighted by molar-refractivity contribution is 5.89. The lowest BCUT2D eigenvalue weighted by Gasteiger charge is -2.15. The summed E-state index contributed by atoms with van der Waals surface area (Å²) in [4.78, 5) is 30.0. The van der Waals surface area contributed by atoms with Crippen LogP contribution in [0.5, 0.6) is 0 Å². The lowest BCUT2D eigenvalue weighted by molar-refractivity contribution is 0.0591. The summed E-state index contributed by atoms with van der Waals surface area (Å²) < 4.78 is 23.4. The summed E-state index contributed by atoms with van der Waals surface area (Å²) in [7, 11) is 2.62. The molecular formula is C23H27FN4O4. The predicted octanol–water partition coefficient (Wildman–Crippen LogP) is 3.98. The van der Waals surface area contributed by atoms with Crippen molar-refractivity contribution in [3.8, 4) is 5.82 Å². The molecule has 3 aromatic rings. The van der Waals surface area contributed by atoms with Crippen LogP contribution < -0.4 is 0 Å². The number of carbonyl (C=O) groups is 2. The minimum atomic E-state index is -0.567.